The Bertz CT molecular complexity index is 852. The lowest BCUT2D eigenvalue weighted by molar-refractivity contribution is 0.684. The summed E-state index contributed by atoms with van der Waals surface area (Å²) in [6.07, 6.45) is 6.61. The minimum atomic E-state index is 0. The second kappa shape index (κ2) is 12.9. The number of nitrogens with zero attached hydrogens (tertiary/aromatic N) is 4. The first-order chi connectivity index (χ1) is 13.8. The number of aromatic nitrogens is 3. The Labute approximate surface area is 197 Å². The summed E-state index contributed by atoms with van der Waals surface area (Å²) in [5.41, 5.74) is 2.25. The van der Waals surface area contributed by atoms with Crippen molar-refractivity contribution in [2.75, 3.05) is 18.8 Å². The number of aliphatic imine (C=N–C) groups is 1. The zero-order chi connectivity index (χ0) is 19.6. The Balaban J connectivity index is 0.00000300. The highest BCUT2D eigenvalue weighted by Crippen LogP contribution is 2.20. The van der Waals surface area contributed by atoms with Gasteiger partial charge in [0.25, 0.3) is 0 Å². The van der Waals surface area contributed by atoms with Crippen LogP contribution in [-0.4, -0.2) is 39.6 Å². The predicted molar refractivity (Wildman–Crippen MR) is 134 cm³/mol. The van der Waals surface area contributed by atoms with Crippen molar-refractivity contribution < 1.29 is 0 Å². The standard InChI is InChI=1S/C20H26N6S2.HI/c1-3-21-19(22-9-6-13-27-20-23-11-14-28-20)25-16(2)17-7-4-8-18(15-17)26-12-5-10-24-26;/h4-5,7-8,10-12,14-16H,3,6,9,13H2,1-2H3,(H2,21,22,25);1H. The smallest absolute Gasteiger partial charge is 0.191 e. The van der Waals surface area contributed by atoms with Gasteiger partial charge in [-0.1, -0.05) is 23.9 Å². The van der Waals surface area contributed by atoms with E-state index in [4.69, 9.17) is 4.99 Å². The van der Waals surface area contributed by atoms with Gasteiger partial charge in [0.1, 0.15) is 4.34 Å². The van der Waals surface area contributed by atoms with Crippen LogP contribution in [-0.2, 0) is 0 Å². The third kappa shape index (κ3) is 7.63. The SMILES string of the molecule is CCNC(=NCCCSc1nccs1)NC(C)c1cccc(-n2cccn2)c1.I. The number of rotatable bonds is 9. The number of benzene rings is 1. The van der Waals surface area contributed by atoms with Crippen molar-refractivity contribution in [3.63, 3.8) is 0 Å². The second-order valence-electron chi connectivity index (χ2n) is 6.17. The van der Waals surface area contributed by atoms with Crippen LogP contribution >= 0.6 is 47.1 Å². The van der Waals surface area contributed by atoms with Crippen molar-refractivity contribution in [1.82, 2.24) is 25.4 Å². The summed E-state index contributed by atoms with van der Waals surface area (Å²) in [5, 5.41) is 13.2. The molecule has 0 aliphatic carbocycles. The molecule has 1 unspecified atom stereocenters. The van der Waals surface area contributed by atoms with Gasteiger partial charge < -0.3 is 10.6 Å². The molecule has 2 N–H and O–H groups in total. The van der Waals surface area contributed by atoms with Gasteiger partial charge in [-0.05, 0) is 44.0 Å². The number of guanidine groups is 1. The van der Waals surface area contributed by atoms with Gasteiger partial charge in [-0.3, -0.25) is 4.99 Å². The molecule has 2 aromatic heterocycles. The maximum atomic E-state index is 4.72. The van der Waals surface area contributed by atoms with Crippen molar-refractivity contribution in [2.45, 2.75) is 30.6 Å². The fourth-order valence-corrected chi connectivity index (χ4v) is 4.30. The maximum Gasteiger partial charge on any atom is 0.191 e. The first-order valence-electron chi connectivity index (χ1n) is 9.43. The molecule has 0 amide bonds. The van der Waals surface area contributed by atoms with E-state index in [9.17, 15) is 0 Å². The number of nitrogens with one attached hydrogen (secondary N) is 2. The number of thioether (sulfide) groups is 1. The molecule has 1 aromatic carbocycles. The fraction of sp³-hybridized carbons (Fsp3) is 0.350. The van der Waals surface area contributed by atoms with Gasteiger partial charge in [-0.2, -0.15) is 5.10 Å². The zero-order valence-electron chi connectivity index (χ0n) is 16.6. The highest BCUT2D eigenvalue weighted by molar-refractivity contribution is 14.0. The van der Waals surface area contributed by atoms with Crippen molar-refractivity contribution in [2.24, 2.45) is 4.99 Å². The van der Waals surface area contributed by atoms with Crippen molar-refractivity contribution >= 4 is 53.0 Å². The van der Waals surface area contributed by atoms with Crippen LogP contribution in [0.2, 0.25) is 0 Å². The van der Waals surface area contributed by atoms with Gasteiger partial charge in [-0.25, -0.2) is 9.67 Å². The van der Waals surface area contributed by atoms with E-state index >= 15 is 0 Å². The molecule has 0 bridgehead atoms. The highest BCUT2D eigenvalue weighted by Gasteiger charge is 2.09. The third-order valence-electron chi connectivity index (χ3n) is 4.04. The number of thiazole rings is 1. The summed E-state index contributed by atoms with van der Waals surface area (Å²) >= 11 is 3.48. The molecule has 9 heteroatoms. The zero-order valence-corrected chi connectivity index (χ0v) is 20.6. The Morgan fingerprint density at radius 2 is 2.21 bits per heavy atom. The largest absolute Gasteiger partial charge is 0.357 e. The van der Waals surface area contributed by atoms with E-state index in [0.29, 0.717) is 0 Å². The summed E-state index contributed by atoms with van der Waals surface area (Å²) in [6, 6.07) is 10.5. The lowest BCUT2D eigenvalue weighted by Gasteiger charge is -2.19. The van der Waals surface area contributed by atoms with Crippen LogP contribution in [0.25, 0.3) is 5.69 Å². The number of hydrogen-bond acceptors (Lipinski definition) is 5. The Morgan fingerprint density at radius 1 is 1.31 bits per heavy atom. The third-order valence-corrected chi connectivity index (χ3v) is 6.10. The van der Waals surface area contributed by atoms with E-state index in [1.54, 1.807) is 29.3 Å². The van der Waals surface area contributed by atoms with Crippen LogP contribution in [0.1, 0.15) is 31.9 Å². The quantitative estimate of drug-likeness (QED) is 0.134. The van der Waals surface area contributed by atoms with Gasteiger partial charge in [0.05, 0.1) is 11.7 Å². The van der Waals surface area contributed by atoms with Crippen LogP contribution in [0.15, 0.2) is 63.6 Å². The molecule has 29 heavy (non-hydrogen) atoms. The molecule has 0 spiro atoms. The molecule has 2 heterocycles. The average Bonchev–Trinajstić information content (AvgIpc) is 3.42. The molecule has 6 nitrogen and oxygen atoms in total. The minimum absolute atomic E-state index is 0. The van der Waals surface area contributed by atoms with E-state index in [0.717, 1.165) is 41.2 Å². The molecular weight excluding hydrogens is 515 g/mol. The number of hydrogen-bond donors (Lipinski definition) is 2. The number of halogens is 1. The lowest BCUT2D eigenvalue weighted by Crippen LogP contribution is -2.38. The summed E-state index contributed by atoms with van der Waals surface area (Å²) in [5.74, 6) is 1.87. The molecule has 0 radical (unpaired) electrons. The van der Waals surface area contributed by atoms with Crippen molar-refractivity contribution in [3.8, 4) is 5.69 Å². The van der Waals surface area contributed by atoms with E-state index in [1.807, 2.05) is 28.5 Å². The van der Waals surface area contributed by atoms with Crippen LogP contribution in [0.4, 0.5) is 0 Å². The molecule has 0 saturated heterocycles. The van der Waals surface area contributed by atoms with Crippen LogP contribution in [0, 0.1) is 0 Å². The molecule has 1 atom stereocenters. The van der Waals surface area contributed by atoms with Crippen molar-refractivity contribution in [3.05, 3.63) is 59.9 Å². The van der Waals surface area contributed by atoms with Gasteiger partial charge in [0.15, 0.2) is 5.96 Å². The Morgan fingerprint density at radius 3 is 2.93 bits per heavy atom. The molecule has 3 rings (SSSR count). The first-order valence-corrected chi connectivity index (χ1v) is 11.3. The van der Waals surface area contributed by atoms with Gasteiger partial charge >= 0.3 is 0 Å². The monoisotopic (exact) mass is 542 g/mol. The summed E-state index contributed by atoms with van der Waals surface area (Å²) in [4.78, 5) is 9.01. The Hall–Kier alpha value is -1.59. The normalized spacial score (nSPS) is 12.3. The molecule has 0 fully saturated rings. The maximum absolute atomic E-state index is 4.72. The second-order valence-corrected chi connectivity index (χ2v) is 8.41. The topological polar surface area (TPSA) is 67.1 Å². The summed E-state index contributed by atoms with van der Waals surface area (Å²) < 4.78 is 3.00. The van der Waals surface area contributed by atoms with E-state index in [-0.39, 0.29) is 30.0 Å². The fourth-order valence-electron chi connectivity index (χ4n) is 2.66. The van der Waals surface area contributed by atoms with Gasteiger partial charge in [0, 0.05) is 42.8 Å². The Kier molecular flexibility index (Phi) is 10.5. The van der Waals surface area contributed by atoms with E-state index in [2.05, 4.69) is 58.8 Å². The molecule has 156 valence electrons. The molecule has 0 aliphatic heterocycles. The molecule has 0 aliphatic rings. The predicted octanol–water partition coefficient (Wildman–Crippen LogP) is 4.75. The van der Waals surface area contributed by atoms with E-state index < -0.39 is 0 Å². The first kappa shape index (κ1) is 23.7. The van der Waals surface area contributed by atoms with Crippen molar-refractivity contribution in [1.29, 1.82) is 0 Å². The van der Waals surface area contributed by atoms with Crippen LogP contribution < -0.4 is 10.6 Å². The highest BCUT2D eigenvalue weighted by atomic mass is 127. The summed E-state index contributed by atoms with van der Waals surface area (Å²) in [7, 11) is 0. The van der Waals surface area contributed by atoms with Crippen LogP contribution in [0.3, 0.4) is 0 Å². The minimum Gasteiger partial charge on any atom is -0.357 e. The molecular formula is C20H27IN6S2. The molecule has 3 aromatic rings. The van der Waals surface area contributed by atoms with Crippen LogP contribution in [0.5, 0.6) is 0 Å². The lowest BCUT2D eigenvalue weighted by atomic mass is 10.1. The van der Waals surface area contributed by atoms with Gasteiger partial charge in [-0.15, -0.1) is 35.3 Å². The van der Waals surface area contributed by atoms with Gasteiger partial charge in [0.2, 0.25) is 0 Å². The summed E-state index contributed by atoms with van der Waals surface area (Å²) in [6.45, 7) is 5.85. The molecule has 0 saturated carbocycles. The average molecular weight is 543 g/mol. The van der Waals surface area contributed by atoms with E-state index in [1.165, 1.54) is 5.56 Å².